The number of carbonyl (C=O) groups is 1. The first-order valence-corrected chi connectivity index (χ1v) is 6.18. The van der Waals surface area contributed by atoms with Crippen LogP contribution in [0.5, 0.6) is 0 Å². The summed E-state index contributed by atoms with van der Waals surface area (Å²) in [5.74, 6) is -1.78. The maximum atomic E-state index is 14.0. The summed E-state index contributed by atoms with van der Waals surface area (Å²) in [6.45, 7) is 0. The van der Waals surface area contributed by atoms with Crippen molar-refractivity contribution in [3.8, 4) is 16.9 Å². The molecule has 0 saturated heterocycles. The average molecular weight is 283 g/mol. The number of nitrogens with zero attached hydrogens (tertiary/aromatic N) is 3. The summed E-state index contributed by atoms with van der Waals surface area (Å²) in [7, 11) is 0. The standard InChI is InChI=1S/C15H10FN3O2/c16-12-9-5-4-8-11(12)14-13(15(20)21)17-18-19(14)10-6-2-1-3-7-10/h1-9H,(H,20,21). The second-order valence-corrected chi connectivity index (χ2v) is 4.32. The van der Waals surface area contributed by atoms with E-state index in [0.29, 0.717) is 5.69 Å². The van der Waals surface area contributed by atoms with Crippen LogP contribution in [-0.2, 0) is 0 Å². The lowest BCUT2D eigenvalue weighted by Crippen LogP contribution is -2.04. The van der Waals surface area contributed by atoms with E-state index in [-0.39, 0.29) is 17.0 Å². The molecule has 0 spiro atoms. The molecule has 6 heteroatoms. The lowest BCUT2D eigenvalue weighted by atomic mass is 10.1. The van der Waals surface area contributed by atoms with Crippen LogP contribution in [0.4, 0.5) is 4.39 Å². The highest BCUT2D eigenvalue weighted by Crippen LogP contribution is 2.27. The van der Waals surface area contributed by atoms with Crippen molar-refractivity contribution in [2.75, 3.05) is 0 Å². The number of carboxylic acid groups (broad SMARTS) is 1. The van der Waals surface area contributed by atoms with Gasteiger partial charge in [-0.1, -0.05) is 35.5 Å². The van der Waals surface area contributed by atoms with E-state index in [1.807, 2.05) is 6.07 Å². The van der Waals surface area contributed by atoms with E-state index < -0.39 is 11.8 Å². The van der Waals surface area contributed by atoms with Gasteiger partial charge in [0.2, 0.25) is 0 Å². The summed E-state index contributed by atoms with van der Waals surface area (Å²) in [4.78, 5) is 11.3. The minimum Gasteiger partial charge on any atom is -0.476 e. The van der Waals surface area contributed by atoms with Crippen molar-refractivity contribution in [1.82, 2.24) is 15.0 Å². The lowest BCUT2D eigenvalue weighted by Gasteiger charge is -2.07. The molecule has 21 heavy (non-hydrogen) atoms. The molecule has 0 aliphatic carbocycles. The fourth-order valence-corrected chi connectivity index (χ4v) is 2.07. The Morgan fingerprint density at radius 1 is 1.05 bits per heavy atom. The van der Waals surface area contributed by atoms with Gasteiger partial charge < -0.3 is 5.11 Å². The van der Waals surface area contributed by atoms with Gasteiger partial charge in [-0.3, -0.25) is 0 Å². The van der Waals surface area contributed by atoms with Gasteiger partial charge in [0.15, 0.2) is 5.69 Å². The number of rotatable bonds is 3. The third kappa shape index (κ3) is 2.27. The number of carboxylic acids is 1. The molecule has 0 atom stereocenters. The molecule has 1 N–H and O–H groups in total. The van der Waals surface area contributed by atoms with Crippen molar-refractivity contribution >= 4 is 5.97 Å². The Balaban J connectivity index is 2.29. The molecule has 2 aromatic carbocycles. The van der Waals surface area contributed by atoms with Crippen molar-refractivity contribution in [1.29, 1.82) is 0 Å². The first kappa shape index (κ1) is 13.0. The molecular weight excluding hydrogens is 273 g/mol. The van der Waals surface area contributed by atoms with Crippen LogP contribution < -0.4 is 0 Å². The second-order valence-electron chi connectivity index (χ2n) is 4.32. The summed E-state index contributed by atoms with van der Waals surface area (Å²) in [6, 6.07) is 14.8. The van der Waals surface area contributed by atoms with Gasteiger partial charge in [-0.05, 0) is 24.3 Å². The van der Waals surface area contributed by atoms with Gasteiger partial charge in [-0.15, -0.1) is 5.10 Å². The Morgan fingerprint density at radius 2 is 1.71 bits per heavy atom. The second kappa shape index (κ2) is 5.16. The van der Waals surface area contributed by atoms with Crippen LogP contribution in [0.3, 0.4) is 0 Å². The highest BCUT2D eigenvalue weighted by atomic mass is 19.1. The zero-order chi connectivity index (χ0) is 14.8. The zero-order valence-corrected chi connectivity index (χ0v) is 10.8. The third-order valence-electron chi connectivity index (χ3n) is 3.00. The van der Waals surface area contributed by atoms with Crippen molar-refractivity contribution in [2.24, 2.45) is 0 Å². The van der Waals surface area contributed by atoms with Crippen molar-refractivity contribution < 1.29 is 14.3 Å². The molecule has 0 aliphatic heterocycles. The SMILES string of the molecule is O=C(O)c1nnn(-c2ccccc2)c1-c1ccccc1F. The van der Waals surface area contributed by atoms with E-state index in [9.17, 15) is 14.3 Å². The van der Waals surface area contributed by atoms with Crippen LogP contribution in [0.2, 0.25) is 0 Å². The maximum Gasteiger partial charge on any atom is 0.358 e. The van der Waals surface area contributed by atoms with E-state index in [4.69, 9.17) is 0 Å². The first-order chi connectivity index (χ1) is 10.2. The summed E-state index contributed by atoms with van der Waals surface area (Å²) in [6.07, 6.45) is 0. The fourth-order valence-electron chi connectivity index (χ4n) is 2.07. The molecule has 0 saturated carbocycles. The summed E-state index contributed by atoms with van der Waals surface area (Å²) in [5, 5.41) is 16.7. The molecule has 104 valence electrons. The molecule has 0 amide bonds. The van der Waals surface area contributed by atoms with E-state index in [1.54, 1.807) is 30.3 Å². The average Bonchev–Trinajstić information content (AvgIpc) is 2.93. The monoisotopic (exact) mass is 283 g/mol. The Bertz CT molecular complexity index is 800. The van der Waals surface area contributed by atoms with Crippen LogP contribution in [0.15, 0.2) is 54.6 Å². The van der Waals surface area contributed by atoms with E-state index >= 15 is 0 Å². The number of para-hydroxylation sites is 1. The molecular formula is C15H10FN3O2. The first-order valence-electron chi connectivity index (χ1n) is 6.18. The molecule has 0 bridgehead atoms. The molecule has 0 aliphatic rings. The van der Waals surface area contributed by atoms with Gasteiger partial charge >= 0.3 is 5.97 Å². The van der Waals surface area contributed by atoms with E-state index in [2.05, 4.69) is 10.3 Å². The fraction of sp³-hybridized carbons (Fsp3) is 0. The molecule has 0 unspecified atom stereocenters. The smallest absolute Gasteiger partial charge is 0.358 e. The minimum atomic E-state index is -1.25. The molecule has 3 rings (SSSR count). The normalized spacial score (nSPS) is 10.5. The predicted octanol–water partition coefficient (Wildman–Crippen LogP) is 2.77. The van der Waals surface area contributed by atoms with Crippen molar-refractivity contribution in [3.05, 3.63) is 66.1 Å². The van der Waals surface area contributed by atoms with Gasteiger partial charge in [0.05, 0.1) is 5.69 Å². The van der Waals surface area contributed by atoms with Crippen LogP contribution >= 0.6 is 0 Å². The number of aromatic carboxylic acids is 1. The third-order valence-corrected chi connectivity index (χ3v) is 3.00. The molecule has 0 radical (unpaired) electrons. The highest BCUT2D eigenvalue weighted by molar-refractivity contribution is 5.93. The van der Waals surface area contributed by atoms with Gasteiger partial charge in [0.25, 0.3) is 0 Å². The predicted molar refractivity (Wildman–Crippen MR) is 73.7 cm³/mol. The zero-order valence-electron chi connectivity index (χ0n) is 10.8. The van der Waals surface area contributed by atoms with Gasteiger partial charge in [0, 0.05) is 5.56 Å². The maximum absolute atomic E-state index is 14.0. The van der Waals surface area contributed by atoms with Crippen LogP contribution in [-0.4, -0.2) is 26.1 Å². The van der Waals surface area contributed by atoms with Gasteiger partial charge in [-0.2, -0.15) is 0 Å². The Morgan fingerprint density at radius 3 is 2.38 bits per heavy atom. The number of aromatic nitrogens is 3. The van der Waals surface area contributed by atoms with Gasteiger partial charge in [-0.25, -0.2) is 13.9 Å². The number of hydrogen-bond acceptors (Lipinski definition) is 3. The van der Waals surface area contributed by atoms with Crippen LogP contribution in [0.25, 0.3) is 16.9 Å². The summed E-state index contributed by atoms with van der Waals surface area (Å²) >= 11 is 0. The molecule has 1 aromatic heterocycles. The number of hydrogen-bond donors (Lipinski definition) is 1. The molecule has 1 heterocycles. The van der Waals surface area contributed by atoms with E-state index in [1.165, 1.54) is 22.9 Å². The Labute approximate surface area is 119 Å². The summed E-state index contributed by atoms with van der Waals surface area (Å²) in [5.41, 5.74) is 0.579. The van der Waals surface area contributed by atoms with Gasteiger partial charge in [0.1, 0.15) is 11.5 Å². The van der Waals surface area contributed by atoms with E-state index in [0.717, 1.165) is 0 Å². The van der Waals surface area contributed by atoms with Crippen molar-refractivity contribution in [2.45, 2.75) is 0 Å². The Kier molecular flexibility index (Phi) is 3.19. The van der Waals surface area contributed by atoms with Crippen LogP contribution in [0.1, 0.15) is 10.5 Å². The largest absolute Gasteiger partial charge is 0.476 e. The quantitative estimate of drug-likeness (QED) is 0.802. The molecule has 5 nitrogen and oxygen atoms in total. The topological polar surface area (TPSA) is 68.0 Å². The molecule has 3 aromatic rings. The lowest BCUT2D eigenvalue weighted by molar-refractivity contribution is 0.0691. The molecule has 0 fully saturated rings. The minimum absolute atomic E-state index is 0.117. The Hall–Kier alpha value is -3.02. The number of halogens is 1. The van der Waals surface area contributed by atoms with Crippen LogP contribution in [0, 0.1) is 5.82 Å². The highest BCUT2D eigenvalue weighted by Gasteiger charge is 2.23. The van der Waals surface area contributed by atoms with Crippen molar-refractivity contribution in [3.63, 3.8) is 0 Å². The summed E-state index contributed by atoms with van der Waals surface area (Å²) < 4.78 is 15.4. The number of benzene rings is 2.